The normalized spacial score (nSPS) is 20.7. The van der Waals surface area contributed by atoms with Gasteiger partial charge in [0.2, 0.25) is 0 Å². The zero-order valence-electron chi connectivity index (χ0n) is 13.8. The number of ether oxygens (including phenoxy) is 1. The number of hydrogen-bond acceptors (Lipinski definition) is 4. The molecule has 1 aromatic rings. The molecule has 1 unspecified atom stereocenters. The zero-order valence-corrected chi connectivity index (χ0v) is 13.8. The van der Waals surface area contributed by atoms with E-state index < -0.39 is 24.3 Å². The molecule has 1 aliphatic heterocycles. The third kappa shape index (κ3) is 3.28. The lowest BCUT2D eigenvalue weighted by Crippen LogP contribution is -2.41. The van der Waals surface area contributed by atoms with Crippen LogP contribution in [-0.4, -0.2) is 36.5 Å². The molecular weight excluding hydrogens is 283 g/mol. The quantitative estimate of drug-likeness (QED) is 0.847. The predicted octanol–water partition coefficient (Wildman–Crippen LogP) is 2.88. The van der Waals surface area contributed by atoms with E-state index in [1.54, 1.807) is 7.11 Å². The van der Waals surface area contributed by atoms with Gasteiger partial charge in [-0.2, -0.15) is 0 Å². The molecular formula is C16H23BO5. The van der Waals surface area contributed by atoms with Gasteiger partial charge in [-0.05, 0) is 45.4 Å². The minimum atomic E-state index is -0.879. The standard InChI is InChI=1S/C16H23BO5/c1-15(2)16(3,4)22-17(21-15)13(10-14(18)19)11-6-8-12(20-5)9-7-11/h6-9,13H,10H2,1-5H3,(H,18,19). The second kappa shape index (κ2) is 5.93. The van der Waals surface area contributed by atoms with Crippen LogP contribution in [0.3, 0.4) is 0 Å². The highest BCUT2D eigenvalue weighted by Gasteiger charge is 2.54. The summed E-state index contributed by atoms with van der Waals surface area (Å²) in [5.74, 6) is -0.522. The maximum Gasteiger partial charge on any atom is 0.466 e. The Bertz CT molecular complexity index is 522. The number of aliphatic carboxylic acids is 1. The van der Waals surface area contributed by atoms with Crippen LogP contribution >= 0.6 is 0 Å². The van der Waals surface area contributed by atoms with Crippen LogP contribution in [0.15, 0.2) is 24.3 Å². The van der Waals surface area contributed by atoms with Crippen molar-refractivity contribution in [2.24, 2.45) is 0 Å². The molecule has 1 aliphatic rings. The highest BCUT2D eigenvalue weighted by Crippen LogP contribution is 2.41. The fraction of sp³-hybridized carbons (Fsp3) is 0.562. The van der Waals surface area contributed by atoms with E-state index in [1.165, 1.54) is 0 Å². The van der Waals surface area contributed by atoms with Gasteiger partial charge in [-0.25, -0.2) is 0 Å². The molecule has 0 aromatic heterocycles. The van der Waals surface area contributed by atoms with Crippen LogP contribution in [0.1, 0.15) is 45.5 Å². The molecule has 0 aliphatic carbocycles. The lowest BCUT2D eigenvalue weighted by atomic mass is 9.66. The maximum absolute atomic E-state index is 11.2. The Morgan fingerprint density at radius 1 is 1.18 bits per heavy atom. The van der Waals surface area contributed by atoms with E-state index in [2.05, 4.69) is 0 Å². The Hall–Kier alpha value is -1.53. The Balaban J connectivity index is 2.29. The molecule has 0 radical (unpaired) electrons. The lowest BCUT2D eigenvalue weighted by Gasteiger charge is -2.32. The van der Waals surface area contributed by atoms with Gasteiger partial charge >= 0.3 is 13.1 Å². The molecule has 22 heavy (non-hydrogen) atoms. The first-order chi connectivity index (χ1) is 10.2. The minimum absolute atomic E-state index is 0.0524. The van der Waals surface area contributed by atoms with Gasteiger partial charge in [0, 0.05) is 5.82 Å². The lowest BCUT2D eigenvalue weighted by molar-refractivity contribution is -0.137. The minimum Gasteiger partial charge on any atom is -0.497 e. The molecule has 2 rings (SSSR count). The van der Waals surface area contributed by atoms with Crippen LogP contribution in [-0.2, 0) is 14.1 Å². The summed E-state index contributed by atoms with van der Waals surface area (Å²) in [6, 6.07) is 7.35. The van der Waals surface area contributed by atoms with Crippen LogP contribution in [0, 0.1) is 0 Å². The Labute approximate surface area is 131 Å². The fourth-order valence-corrected chi connectivity index (χ4v) is 2.46. The number of carbonyl (C=O) groups is 1. The van der Waals surface area contributed by atoms with Gasteiger partial charge < -0.3 is 19.2 Å². The van der Waals surface area contributed by atoms with Crippen LogP contribution in [0.4, 0.5) is 0 Å². The molecule has 1 aromatic carbocycles. The Kier molecular flexibility index (Phi) is 4.54. The van der Waals surface area contributed by atoms with Crippen LogP contribution in [0.2, 0.25) is 0 Å². The van der Waals surface area contributed by atoms with Gasteiger partial charge in [-0.1, -0.05) is 12.1 Å². The van der Waals surface area contributed by atoms with Crippen LogP contribution in [0.5, 0.6) is 5.75 Å². The SMILES string of the molecule is COc1ccc(C(CC(=O)O)B2OC(C)(C)C(C)(C)O2)cc1. The van der Waals surface area contributed by atoms with E-state index in [4.69, 9.17) is 14.0 Å². The number of carboxylic acids is 1. The van der Waals surface area contributed by atoms with Gasteiger partial charge in [0.05, 0.1) is 24.7 Å². The summed E-state index contributed by atoms with van der Waals surface area (Å²) >= 11 is 0. The van der Waals surface area contributed by atoms with E-state index >= 15 is 0 Å². The number of hydrogen-bond donors (Lipinski definition) is 1. The molecule has 1 saturated heterocycles. The van der Waals surface area contributed by atoms with E-state index in [0.717, 1.165) is 11.3 Å². The summed E-state index contributed by atoms with van der Waals surface area (Å²) < 4.78 is 17.2. The van der Waals surface area contributed by atoms with E-state index in [0.29, 0.717) is 0 Å². The van der Waals surface area contributed by atoms with Gasteiger partial charge in [-0.3, -0.25) is 4.79 Å². The van der Waals surface area contributed by atoms with E-state index in [-0.39, 0.29) is 12.2 Å². The summed E-state index contributed by atoms with van der Waals surface area (Å²) in [7, 11) is 1.01. The molecule has 6 heteroatoms. The monoisotopic (exact) mass is 306 g/mol. The molecule has 0 bridgehead atoms. The number of benzene rings is 1. The second-order valence-corrected chi connectivity index (χ2v) is 6.60. The highest BCUT2D eigenvalue weighted by molar-refractivity contribution is 6.48. The summed E-state index contributed by atoms with van der Waals surface area (Å²) in [5, 5.41) is 9.23. The average molecular weight is 306 g/mol. The third-order valence-electron chi connectivity index (χ3n) is 4.54. The highest BCUT2D eigenvalue weighted by atomic mass is 16.7. The summed E-state index contributed by atoms with van der Waals surface area (Å²) in [4.78, 5) is 11.2. The first-order valence-corrected chi connectivity index (χ1v) is 7.37. The van der Waals surface area contributed by atoms with Crippen molar-refractivity contribution in [3.8, 4) is 5.75 Å². The first kappa shape index (κ1) is 16.8. The summed E-state index contributed by atoms with van der Waals surface area (Å²) in [6.07, 6.45) is -0.0524. The van der Waals surface area contributed by atoms with Crippen molar-refractivity contribution in [2.45, 2.75) is 51.1 Å². The van der Waals surface area contributed by atoms with E-state index in [1.807, 2.05) is 52.0 Å². The van der Waals surface area contributed by atoms with Crippen LogP contribution in [0.25, 0.3) is 0 Å². The Morgan fingerprint density at radius 3 is 2.09 bits per heavy atom. The fourth-order valence-electron chi connectivity index (χ4n) is 2.46. The molecule has 0 spiro atoms. The zero-order chi connectivity index (χ0) is 16.5. The molecule has 0 amide bonds. The van der Waals surface area contributed by atoms with Crippen molar-refractivity contribution in [3.05, 3.63) is 29.8 Å². The molecule has 0 saturated carbocycles. The first-order valence-electron chi connectivity index (χ1n) is 7.37. The van der Waals surface area contributed by atoms with Crippen molar-refractivity contribution < 1.29 is 23.9 Å². The van der Waals surface area contributed by atoms with Crippen molar-refractivity contribution >= 4 is 13.1 Å². The predicted molar refractivity (Wildman–Crippen MR) is 84.1 cm³/mol. The smallest absolute Gasteiger partial charge is 0.466 e. The van der Waals surface area contributed by atoms with Crippen LogP contribution < -0.4 is 4.74 Å². The number of rotatable bonds is 5. The van der Waals surface area contributed by atoms with Crippen molar-refractivity contribution in [2.75, 3.05) is 7.11 Å². The molecule has 1 fully saturated rings. The molecule has 5 nitrogen and oxygen atoms in total. The van der Waals surface area contributed by atoms with E-state index in [9.17, 15) is 9.90 Å². The van der Waals surface area contributed by atoms with Gasteiger partial charge in [0.1, 0.15) is 5.75 Å². The summed E-state index contributed by atoms with van der Waals surface area (Å²) in [5.41, 5.74) is -0.108. The molecule has 1 heterocycles. The molecule has 120 valence electrons. The largest absolute Gasteiger partial charge is 0.497 e. The van der Waals surface area contributed by atoms with Gasteiger partial charge in [-0.15, -0.1) is 0 Å². The average Bonchev–Trinajstić information content (AvgIpc) is 2.64. The molecule has 1 atom stereocenters. The number of methoxy groups -OCH3 is 1. The summed E-state index contributed by atoms with van der Waals surface area (Å²) in [6.45, 7) is 7.83. The number of carboxylic acid groups (broad SMARTS) is 1. The van der Waals surface area contributed by atoms with Gasteiger partial charge in [0.25, 0.3) is 0 Å². The third-order valence-corrected chi connectivity index (χ3v) is 4.54. The van der Waals surface area contributed by atoms with Crippen molar-refractivity contribution in [1.29, 1.82) is 0 Å². The Morgan fingerprint density at radius 2 is 1.68 bits per heavy atom. The molecule has 1 N–H and O–H groups in total. The van der Waals surface area contributed by atoms with Gasteiger partial charge in [0.15, 0.2) is 0 Å². The van der Waals surface area contributed by atoms with Crippen molar-refractivity contribution in [1.82, 2.24) is 0 Å². The second-order valence-electron chi connectivity index (χ2n) is 6.60. The maximum atomic E-state index is 11.2. The van der Waals surface area contributed by atoms with Crippen molar-refractivity contribution in [3.63, 3.8) is 0 Å². The topological polar surface area (TPSA) is 65.0 Å².